The highest BCUT2D eigenvalue weighted by molar-refractivity contribution is 6.31. The first-order chi connectivity index (χ1) is 16.9. The van der Waals surface area contributed by atoms with Crippen molar-refractivity contribution in [2.45, 2.75) is 13.2 Å². The van der Waals surface area contributed by atoms with Gasteiger partial charge in [0.1, 0.15) is 6.61 Å². The lowest BCUT2D eigenvalue weighted by molar-refractivity contribution is 0.102. The van der Waals surface area contributed by atoms with E-state index in [4.69, 9.17) is 25.5 Å². The summed E-state index contributed by atoms with van der Waals surface area (Å²) >= 11 is 6.20. The van der Waals surface area contributed by atoms with Crippen molar-refractivity contribution in [2.75, 3.05) is 33.1 Å². The predicted octanol–water partition coefficient (Wildman–Crippen LogP) is 4.65. The standard InChI is InChI=1S/C26H26ClN3O5/c1-29(2)12-13-30-21-15-19(9-11-22(21)35-26(30)32)28-25(31)17-8-10-23(24(14-17)33-3)34-16-18-6-4-5-7-20(18)27/h4-11,14-15H,12-13,16H2,1-3H3,(H,28,31). The molecular weight excluding hydrogens is 470 g/mol. The van der Waals surface area contributed by atoms with Crippen molar-refractivity contribution in [3.63, 3.8) is 0 Å². The maximum atomic E-state index is 12.9. The van der Waals surface area contributed by atoms with Gasteiger partial charge in [-0.1, -0.05) is 29.8 Å². The van der Waals surface area contributed by atoms with Crippen LogP contribution in [0.4, 0.5) is 5.69 Å². The Kier molecular flexibility index (Phi) is 7.43. The van der Waals surface area contributed by atoms with Crippen LogP contribution in [-0.2, 0) is 13.2 Å². The molecule has 35 heavy (non-hydrogen) atoms. The number of ether oxygens (including phenoxy) is 2. The molecule has 0 aliphatic rings. The summed E-state index contributed by atoms with van der Waals surface area (Å²) in [6, 6.07) is 17.5. The van der Waals surface area contributed by atoms with Gasteiger partial charge in [0.15, 0.2) is 17.1 Å². The molecule has 4 rings (SSSR count). The van der Waals surface area contributed by atoms with E-state index in [2.05, 4.69) is 5.32 Å². The first kappa shape index (κ1) is 24.4. The number of anilines is 1. The molecule has 182 valence electrons. The number of carbonyl (C=O) groups excluding carboxylic acids is 1. The van der Waals surface area contributed by atoms with Crippen molar-refractivity contribution in [3.05, 3.63) is 87.4 Å². The number of hydrogen-bond acceptors (Lipinski definition) is 6. The molecule has 1 amide bonds. The van der Waals surface area contributed by atoms with Crippen LogP contribution in [0.2, 0.25) is 5.02 Å². The van der Waals surface area contributed by atoms with Gasteiger partial charge in [-0.05, 0) is 56.6 Å². The predicted molar refractivity (Wildman–Crippen MR) is 136 cm³/mol. The molecule has 0 unspecified atom stereocenters. The van der Waals surface area contributed by atoms with E-state index in [1.165, 1.54) is 7.11 Å². The lowest BCUT2D eigenvalue weighted by atomic mass is 10.1. The van der Waals surface area contributed by atoms with Crippen molar-refractivity contribution in [2.24, 2.45) is 0 Å². The molecule has 0 spiro atoms. The van der Waals surface area contributed by atoms with Gasteiger partial charge in [-0.25, -0.2) is 4.79 Å². The van der Waals surface area contributed by atoms with Crippen LogP contribution in [0.1, 0.15) is 15.9 Å². The number of hydrogen-bond donors (Lipinski definition) is 1. The van der Waals surface area contributed by atoms with E-state index in [0.717, 1.165) is 5.56 Å². The Bertz CT molecular complexity index is 1410. The number of halogens is 1. The molecule has 1 N–H and O–H groups in total. The molecule has 0 bridgehead atoms. The highest BCUT2D eigenvalue weighted by Gasteiger charge is 2.15. The summed E-state index contributed by atoms with van der Waals surface area (Å²) in [5.41, 5.74) is 2.87. The van der Waals surface area contributed by atoms with Crippen molar-refractivity contribution in [3.8, 4) is 11.5 Å². The Hall–Kier alpha value is -3.75. The summed E-state index contributed by atoms with van der Waals surface area (Å²) in [7, 11) is 5.37. The molecule has 0 fully saturated rings. The van der Waals surface area contributed by atoms with Crippen LogP contribution in [0.25, 0.3) is 11.1 Å². The highest BCUT2D eigenvalue weighted by atomic mass is 35.5. The Labute approximate surface area is 207 Å². The molecule has 8 nitrogen and oxygen atoms in total. The Balaban J connectivity index is 1.50. The Morgan fingerprint density at radius 3 is 2.63 bits per heavy atom. The van der Waals surface area contributed by atoms with Gasteiger partial charge in [0, 0.05) is 34.9 Å². The van der Waals surface area contributed by atoms with Crippen molar-refractivity contribution < 1.29 is 18.7 Å². The second kappa shape index (κ2) is 10.7. The third-order valence-corrected chi connectivity index (χ3v) is 5.83. The van der Waals surface area contributed by atoms with E-state index in [-0.39, 0.29) is 12.5 Å². The van der Waals surface area contributed by atoms with Crippen LogP contribution in [0, 0.1) is 0 Å². The Morgan fingerprint density at radius 1 is 1.09 bits per heavy atom. The minimum Gasteiger partial charge on any atom is -0.493 e. The number of nitrogens with one attached hydrogen (secondary N) is 1. The van der Waals surface area contributed by atoms with Crippen LogP contribution in [0.5, 0.6) is 11.5 Å². The quantitative estimate of drug-likeness (QED) is 0.364. The monoisotopic (exact) mass is 495 g/mol. The zero-order valence-corrected chi connectivity index (χ0v) is 20.5. The van der Waals surface area contributed by atoms with Crippen molar-refractivity contribution >= 4 is 34.3 Å². The molecule has 4 aromatic rings. The lowest BCUT2D eigenvalue weighted by Gasteiger charge is -2.13. The minimum atomic E-state index is -0.428. The number of benzene rings is 3. The third kappa shape index (κ3) is 5.67. The second-order valence-electron chi connectivity index (χ2n) is 8.21. The summed E-state index contributed by atoms with van der Waals surface area (Å²) in [6.07, 6.45) is 0. The molecule has 0 saturated heterocycles. The summed E-state index contributed by atoms with van der Waals surface area (Å²) in [4.78, 5) is 27.1. The van der Waals surface area contributed by atoms with Gasteiger partial charge in [-0.2, -0.15) is 0 Å². The molecular formula is C26H26ClN3O5. The molecule has 0 radical (unpaired) electrons. The number of methoxy groups -OCH3 is 1. The largest absolute Gasteiger partial charge is 0.493 e. The average molecular weight is 496 g/mol. The SMILES string of the molecule is COc1cc(C(=O)Nc2ccc3oc(=O)n(CCN(C)C)c3c2)ccc1OCc1ccccc1Cl. The van der Waals surface area contributed by atoms with Gasteiger partial charge >= 0.3 is 5.76 Å². The summed E-state index contributed by atoms with van der Waals surface area (Å²) in [6.45, 7) is 1.42. The van der Waals surface area contributed by atoms with Crippen LogP contribution >= 0.6 is 11.6 Å². The van der Waals surface area contributed by atoms with E-state index < -0.39 is 5.76 Å². The number of fused-ring (bicyclic) bond motifs is 1. The van der Waals surface area contributed by atoms with Crippen LogP contribution < -0.4 is 20.5 Å². The van der Waals surface area contributed by atoms with Gasteiger partial charge in [0.25, 0.3) is 5.91 Å². The van der Waals surface area contributed by atoms with Gasteiger partial charge < -0.3 is 24.1 Å². The van der Waals surface area contributed by atoms with Gasteiger partial charge in [-0.3, -0.25) is 9.36 Å². The van der Waals surface area contributed by atoms with Crippen LogP contribution in [0.3, 0.4) is 0 Å². The first-order valence-corrected chi connectivity index (χ1v) is 11.4. The molecule has 1 heterocycles. The van der Waals surface area contributed by atoms with E-state index in [9.17, 15) is 9.59 Å². The van der Waals surface area contributed by atoms with Crippen molar-refractivity contribution in [1.29, 1.82) is 0 Å². The van der Waals surface area contributed by atoms with E-state index >= 15 is 0 Å². The maximum absolute atomic E-state index is 12.9. The molecule has 3 aromatic carbocycles. The Morgan fingerprint density at radius 2 is 1.89 bits per heavy atom. The third-order valence-electron chi connectivity index (χ3n) is 5.46. The van der Waals surface area contributed by atoms with E-state index in [1.54, 1.807) is 47.0 Å². The average Bonchev–Trinajstić information content (AvgIpc) is 3.16. The zero-order chi connectivity index (χ0) is 24.9. The van der Waals surface area contributed by atoms with Gasteiger partial charge in [0.2, 0.25) is 0 Å². The number of amides is 1. The molecule has 0 aliphatic carbocycles. The maximum Gasteiger partial charge on any atom is 0.419 e. The van der Waals surface area contributed by atoms with Gasteiger partial charge in [-0.15, -0.1) is 0 Å². The number of carbonyl (C=O) groups is 1. The molecule has 1 aromatic heterocycles. The van der Waals surface area contributed by atoms with E-state index in [1.807, 2.05) is 37.2 Å². The molecule has 9 heteroatoms. The van der Waals surface area contributed by atoms with Crippen LogP contribution in [0.15, 0.2) is 69.9 Å². The number of likely N-dealkylation sites (N-methyl/N-ethyl adjacent to an activating group) is 1. The van der Waals surface area contributed by atoms with Gasteiger partial charge in [0.05, 0.1) is 12.6 Å². The molecule has 0 saturated carbocycles. The summed E-state index contributed by atoms with van der Waals surface area (Å²) in [5.74, 6) is 0.162. The fourth-order valence-corrected chi connectivity index (χ4v) is 3.74. The fourth-order valence-electron chi connectivity index (χ4n) is 3.55. The zero-order valence-electron chi connectivity index (χ0n) is 19.7. The number of oxazole rings is 1. The normalized spacial score (nSPS) is 11.1. The number of aromatic nitrogens is 1. The topological polar surface area (TPSA) is 85.9 Å². The molecule has 0 atom stereocenters. The first-order valence-electron chi connectivity index (χ1n) is 11.0. The van der Waals surface area contributed by atoms with E-state index in [0.29, 0.717) is 52.0 Å². The smallest absolute Gasteiger partial charge is 0.419 e. The lowest BCUT2D eigenvalue weighted by Crippen LogP contribution is -2.23. The second-order valence-corrected chi connectivity index (χ2v) is 8.61. The summed E-state index contributed by atoms with van der Waals surface area (Å²) in [5, 5.41) is 3.48. The fraction of sp³-hybridized carbons (Fsp3) is 0.231. The van der Waals surface area contributed by atoms with Crippen molar-refractivity contribution in [1.82, 2.24) is 9.47 Å². The summed E-state index contributed by atoms with van der Waals surface area (Å²) < 4.78 is 18.2. The molecule has 0 aliphatic heterocycles. The highest BCUT2D eigenvalue weighted by Crippen LogP contribution is 2.30. The minimum absolute atomic E-state index is 0.266. The van der Waals surface area contributed by atoms with Crippen LogP contribution in [-0.4, -0.2) is 43.1 Å². The number of nitrogens with zero attached hydrogens (tertiary/aromatic N) is 2. The number of rotatable bonds is 9.